The quantitative estimate of drug-likeness (QED) is 0.459. The highest BCUT2D eigenvalue weighted by molar-refractivity contribution is 5.87. The lowest BCUT2D eigenvalue weighted by molar-refractivity contribution is 0.0697. The topological polar surface area (TPSA) is 105 Å². The lowest BCUT2D eigenvalue weighted by atomic mass is 10.1. The Balaban J connectivity index is 1.90. The molecule has 0 fully saturated rings. The highest BCUT2D eigenvalue weighted by Gasteiger charge is 2.18. The van der Waals surface area contributed by atoms with Crippen molar-refractivity contribution in [2.75, 3.05) is 7.11 Å². The minimum atomic E-state index is -1.02. The van der Waals surface area contributed by atoms with Crippen molar-refractivity contribution in [3.05, 3.63) is 78.5 Å². The molecule has 4 aromatic rings. The van der Waals surface area contributed by atoms with Gasteiger partial charge >= 0.3 is 5.97 Å². The largest absolute Gasteiger partial charge is 0.507 e. The monoisotopic (exact) mass is 402 g/mol. The molecule has 0 spiro atoms. The molecule has 0 atom stereocenters. The van der Waals surface area contributed by atoms with Gasteiger partial charge in [0.2, 0.25) is 0 Å². The third-order valence-corrected chi connectivity index (χ3v) is 4.72. The van der Waals surface area contributed by atoms with Gasteiger partial charge in [-0.05, 0) is 48.5 Å². The Morgan fingerprint density at radius 2 is 1.67 bits per heavy atom. The zero-order chi connectivity index (χ0) is 21.3. The van der Waals surface area contributed by atoms with Gasteiger partial charge in [0.25, 0.3) is 0 Å². The molecule has 0 aliphatic carbocycles. The van der Waals surface area contributed by atoms with E-state index < -0.39 is 5.97 Å². The number of imidazole rings is 1. The molecule has 0 bridgehead atoms. The molecule has 30 heavy (non-hydrogen) atoms. The van der Waals surface area contributed by atoms with Crippen LogP contribution in [0, 0.1) is 0 Å². The molecular formula is C23H18N2O5. The molecule has 7 heteroatoms. The Morgan fingerprint density at radius 1 is 0.933 bits per heavy atom. The smallest absolute Gasteiger partial charge is 0.335 e. The molecule has 1 aromatic heterocycles. The van der Waals surface area contributed by atoms with Crippen molar-refractivity contribution >= 4 is 5.97 Å². The van der Waals surface area contributed by atoms with Crippen LogP contribution in [0.15, 0.2) is 72.9 Å². The van der Waals surface area contributed by atoms with Crippen LogP contribution in [0.5, 0.6) is 17.2 Å². The summed E-state index contributed by atoms with van der Waals surface area (Å²) in [7, 11) is 1.51. The van der Waals surface area contributed by atoms with E-state index in [4.69, 9.17) is 9.84 Å². The number of methoxy groups -OCH3 is 1. The van der Waals surface area contributed by atoms with Crippen molar-refractivity contribution in [2.45, 2.75) is 0 Å². The molecule has 4 rings (SSSR count). The fourth-order valence-electron chi connectivity index (χ4n) is 3.18. The van der Waals surface area contributed by atoms with Gasteiger partial charge in [-0.3, -0.25) is 4.57 Å². The maximum Gasteiger partial charge on any atom is 0.335 e. The summed E-state index contributed by atoms with van der Waals surface area (Å²) >= 11 is 0. The van der Waals surface area contributed by atoms with Crippen molar-refractivity contribution in [1.82, 2.24) is 9.55 Å². The molecule has 3 aromatic carbocycles. The maximum absolute atomic E-state index is 11.2. The predicted molar refractivity (Wildman–Crippen MR) is 111 cm³/mol. The number of aromatic hydroxyl groups is 2. The van der Waals surface area contributed by atoms with E-state index in [9.17, 15) is 15.0 Å². The number of aromatic nitrogens is 2. The van der Waals surface area contributed by atoms with Crippen molar-refractivity contribution in [3.63, 3.8) is 0 Å². The Morgan fingerprint density at radius 3 is 2.30 bits per heavy atom. The van der Waals surface area contributed by atoms with Crippen LogP contribution in [0.4, 0.5) is 0 Å². The Labute approximate surface area is 172 Å². The molecule has 0 aliphatic heterocycles. The van der Waals surface area contributed by atoms with Gasteiger partial charge in [-0.1, -0.05) is 12.1 Å². The number of carboxylic acids is 1. The summed E-state index contributed by atoms with van der Waals surface area (Å²) < 4.78 is 6.87. The van der Waals surface area contributed by atoms with Gasteiger partial charge in [0.1, 0.15) is 23.1 Å². The van der Waals surface area contributed by atoms with Gasteiger partial charge in [-0.25, -0.2) is 9.78 Å². The van der Waals surface area contributed by atoms with E-state index in [0.29, 0.717) is 34.1 Å². The highest BCUT2D eigenvalue weighted by Crippen LogP contribution is 2.36. The first-order valence-electron chi connectivity index (χ1n) is 9.07. The number of phenolic OH excluding ortho intramolecular Hbond substituents is 2. The molecular weight excluding hydrogens is 384 g/mol. The van der Waals surface area contributed by atoms with Gasteiger partial charge in [0.15, 0.2) is 0 Å². The number of carbonyl (C=O) groups is 1. The van der Waals surface area contributed by atoms with E-state index in [1.54, 1.807) is 59.3 Å². The van der Waals surface area contributed by atoms with E-state index in [1.807, 2.05) is 0 Å². The van der Waals surface area contributed by atoms with Crippen LogP contribution in [0.2, 0.25) is 0 Å². The normalized spacial score (nSPS) is 10.7. The first-order chi connectivity index (χ1) is 14.5. The SMILES string of the molecule is COc1ccc(-c2cn(-c3ccc(C(=O)O)cc3)c(-c3ccccc3O)n2)c(O)c1. The van der Waals surface area contributed by atoms with Gasteiger partial charge in [-0.2, -0.15) is 0 Å². The molecule has 0 unspecified atom stereocenters. The molecule has 0 amide bonds. The number of nitrogens with zero attached hydrogens (tertiary/aromatic N) is 2. The number of benzene rings is 3. The minimum absolute atomic E-state index is 0.00376. The van der Waals surface area contributed by atoms with Gasteiger partial charge < -0.3 is 20.1 Å². The second-order valence-electron chi connectivity index (χ2n) is 6.57. The summed E-state index contributed by atoms with van der Waals surface area (Å²) in [4.78, 5) is 15.8. The summed E-state index contributed by atoms with van der Waals surface area (Å²) in [5, 5.41) is 29.9. The Bertz CT molecular complexity index is 1230. The standard InChI is InChI=1S/C23H18N2O5/c1-30-16-10-11-17(21(27)12-16)19-13-25(15-8-6-14(7-9-15)23(28)29)22(24-19)18-4-2-3-5-20(18)26/h2-13,26-27H,1H3,(H,28,29). The second-order valence-corrected chi connectivity index (χ2v) is 6.57. The van der Waals surface area contributed by atoms with Gasteiger partial charge in [-0.15, -0.1) is 0 Å². The van der Waals surface area contributed by atoms with Crippen LogP contribution in [-0.4, -0.2) is 37.9 Å². The zero-order valence-electron chi connectivity index (χ0n) is 16.0. The number of para-hydroxylation sites is 1. The molecule has 0 saturated heterocycles. The number of hydrogen-bond acceptors (Lipinski definition) is 5. The fourth-order valence-corrected chi connectivity index (χ4v) is 3.18. The molecule has 0 saturated carbocycles. The highest BCUT2D eigenvalue weighted by atomic mass is 16.5. The predicted octanol–water partition coefficient (Wildman–Crippen LogP) is 4.32. The average Bonchev–Trinajstić information content (AvgIpc) is 3.18. The lowest BCUT2D eigenvalue weighted by Crippen LogP contribution is -1.99. The van der Waals surface area contributed by atoms with Crippen molar-refractivity contribution in [2.24, 2.45) is 0 Å². The first kappa shape index (κ1) is 19.1. The average molecular weight is 402 g/mol. The number of phenols is 2. The van der Waals surface area contributed by atoms with Crippen LogP contribution in [0.3, 0.4) is 0 Å². The second kappa shape index (κ2) is 7.63. The summed E-state index contributed by atoms with van der Waals surface area (Å²) in [6, 6.07) is 18.0. The third-order valence-electron chi connectivity index (χ3n) is 4.72. The molecule has 0 radical (unpaired) electrons. The molecule has 150 valence electrons. The summed E-state index contributed by atoms with van der Waals surface area (Å²) in [5.74, 6) is 0.000262. The third kappa shape index (κ3) is 3.44. The number of hydrogen-bond donors (Lipinski definition) is 3. The number of rotatable bonds is 5. The fraction of sp³-hybridized carbons (Fsp3) is 0.0435. The summed E-state index contributed by atoms with van der Waals surface area (Å²) in [6.07, 6.45) is 1.72. The van der Waals surface area contributed by atoms with Crippen LogP contribution in [0.1, 0.15) is 10.4 Å². The number of carboxylic acid groups (broad SMARTS) is 1. The maximum atomic E-state index is 11.2. The number of aromatic carboxylic acids is 1. The Hall–Kier alpha value is -4.26. The van der Waals surface area contributed by atoms with Crippen molar-refractivity contribution < 1.29 is 24.9 Å². The molecule has 0 aliphatic rings. The van der Waals surface area contributed by atoms with E-state index in [1.165, 1.54) is 25.3 Å². The lowest BCUT2D eigenvalue weighted by Gasteiger charge is -2.09. The molecule has 7 nitrogen and oxygen atoms in total. The zero-order valence-corrected chi connectivity index (χ0v) is 16.0. The molecule has 3 N–H and O–H groups in total. The first-order valence-corrected chi connectivity index (χ1v) is 9.07. The number of ether oxygens (including phenoxy) is 1. The van der Waals surface area contributed by atoms with Gasteiger partial charge in [0, 0.05) is 23.5 Å². The molecule has 1 heterocycles. The van der Waals surface area contributed by atoms with Crippen LogP contribution in [-0.2, 0) is 0 Å². The summed E-state index contributed by atoms with van der Waals surface area (Å²) in [5.41, 5.74) is 2.30. The Kier molecular flexibility index (Phi) is 4.85. The summed E-state index contributed by atoms with van der Waals surface area (Å²) in [6.45, 7) is 0. The van der Waals surface area contributed by atoms with Crippen molar-refractivity contribution in [1.29, 1.82) is 0 Å². The van der Waals surface area contributed by atoms with E-state index in [2.05, 4.69) is 4.98 Å². The van der Waals surface area contributed by atoms with E-state index >= 15 is 0 Å². The van der Waals surface area contributed by atoms with E-state index in [-0.39, 0.29) is 17.1 Å². The minimum Gasteiger partial charge on any atom is -0.507 e. The van der Waals surface area contributed by atoms with Crippen LogP contribution >= 0.6 is 0 Å². The van der Waals surface area contributed by atoms with E-state index in [0.717, 1.165) is 0 Å². The van der Waals surface area contributed by atoms with Crippen LogP contribution < -0.4 is 4.74 Å². The van der Waals surface area contributed by atoms with Crippen LogP contribution in [0.25, 0.3) is 28.3 Å². The van der Waals surface area contributed by atoms with Gasteiger partial charge in [0.05, 0.1) is 23.9 Å². The van der Waals surface area contributed by atoms with Crippen molar-refractivity contribution in [3.8, 4) is 45.6 Å².